The summed E-state index contributed by atoms with van der Waals surface area (Å²) in [5.74, 6) is 0.197. The molecule has 1 fully saturated rings. The Morgan fingerprint density at radius 2 is 1.96 bits per heavy atom. The molecule has 130 valence electrons. The molecule has 0 spiro atoms. The van der Waals surface area contributed by atoms with Gasteiger partial charge in [0.1, 0.15) is 5.78 Å². The van der Waals surface area contributed by atoms with Crippen LogP contribution in [0.25, 0.3) is 6.08 Å². The van der Waals surface area contributed by atoms with E-state index in [2.05, 4.69) is 31.2 Å². The average Bonchev–Trinajstić information content (AvgIpc) is 2.90. The van der Waals surface area contributed by atoms with Crippen molar-refractivity contribution in [1.82, 2.24) is 0 Å². The van der Waals surface area contributed by atoms with Crippen LogP contribution in [-0.2, 0) is 9.59 Å². The summed E-state index contributed by atoms with van der Waals surface area (Å²) in [5.41, 5.74) is 2.48. The van der Waals surface area contributed by atoms with Gasteiger partial charge in [-0.15, -0.1) is 0 Å². The van der Waals surface area contributed by atoms with Gasteiger partial charge in [-0.25, -0.2) is 0 Å². The lowest BCUT2D eigenvalue weighted by Gasteiger charge is -2.15. The van der Waals surface area contributed by atoms with E-state index < -0.39 is 5.97 Å². The van der Waals surface area contributed by atoms with Gasteiger partial charge in [0.15, 0.2) is 0 Å². The minimum absolute atomic E-state index is 0.157. The summed E-state index contributed by atoms with van der Waals surface area (Å²) in [6, 6.07) is 8.30. The van der Waals surface area contributed by atoms with Gasteiger partial charge in [-0.3, -0.25) is 9.59 Å². The maximum atomic E-state index is 12.2. The number of rotatable bonds is 9. The molecule has 0 aliphatic heterocycles. The second-order valence-corrected chi connectivity index (χ2v) is 6.84. The molecular weight excluding hydrogens is 300 g/mol. The molecular formula is C21H28O3. The van der Waals surface area contributed by atoms with E-state index in [-0.39, 0.29) is 12.3 Å². The van der Waals surface area contributed by atoms with Gasteiger partial charge < -0.3 is 5.11 Å². The van der Waals surface area contributed by atoms with E-state index in [1.807, 2.05) is 12.1 Å². The zero-order valence-corrected chi connectivity index (χ0v) is 14.5. The summed E-state index contributed by atoms with van der Waals surface area (Å²) >= 11 is 0. The predicted molar refractivity (Wildman–Crippen MR) is 96.8 cm³/mol. The lowest BCUT2D eigenvalue weighted by Crippen LogP contribution is -2.13. The molecule has 0 amide bonds. The second-order valence-electron chi connectivity index (χ2n) is 6.84. The lowest BCUT2D eigenvalue weighted by molar-refractivity contribution is -0.137. The summed E-state index contributed by atoms with van der Waals surface area (Å²) in [6.45, 7) is 2.11. The van der Waals surface area contributed by atoms with E-state index in [1.54, 1.807) is 0 Å². The summed E-state index contributed by atoms with van der Waals surface area (Å²) in [7, 11) is 0. The van der Waals surface area contributed by atoms with E-state index in [1.165, 1.54) is 11.1 Å². The minimum Gasteiger partial charge on any atom is -0.481 e. The molecule has 24 heavy (non-hydrogen) atoms. The Kier molecular flexibility index (Phi) is 7.23. The molecule has 1 aliphatic rings. The van der Waals surface area contributed by atoms with Crippen LogP contribution in [0, 0.1) is 18.8 Å². The molecule has 2 rings (SSSR count). The Morgan fingerprint density at radius 1 is 1.21 bits per heavy atom. The van der Waals surface area contributed by atoms with Crippen molar-refractivity contribution in [1.29, 1.82) is 0 Å². The number of carbonyl (C=O) groups excluding carboxylic acids is 1. The van der Waals surface area contributed by atoms with Gasteiger partial charge in [0.2, 0.25) is 0 Å². The van der Waals surface area contributed by atoms with Gasteiger partial charge in [0.25, 0.3) is 0 Å². The predicted octanol–water partition coefficient (Wildman–Crippen LogP) is 5.03. The van der Waals surface area contributed by atoms with Crippen LogP contribution in [0.2, 0.25) is 0 Å². The SMILES string of the molecule is Cc1ccccc1/C=C/C1CCC(=O)C1CCCCCCC(=O)O. The van der Waals surface area contributed by atoms with E-state index in [9.17, 15) is 9.59 Å². The van der Waals surface area contributed by atoms with Crippen LogP contribution in [0.15, 0.2) is 30.3 Å². The fourth-order valence-corrected chi connectivity index (χ4v) is 3.53. The van der Waals surface area contributed by atoms with Crippen molar-refractivity contribution in [2.45, 2.75) is 58.3 Å². The van der Waals surface area contributed by atoms with Gasteiger partial charge >= 0.3 is 5.97 Å². The molecule has 1 aromatic rings. The van der Waals surface area contributed by atoms with Gasteiger partial charge in [-0.1, -0.05) is 55.7 Å². The number of carboxylic acid groups (broad SMARTS) is 1. The first kappa shape index (κ1) is 18.4. The molecule has 3 nitrogen and oxygen atoms in total. The van der Waals surface area contributed by atoms with Crippen molar-refractivity contribution in [2.75, 3.05) is 0 Å². The van der Waals surface area contributed by atoms with Crippen LogP contribution in [-0.4, -0.2) is 16.9 Å². The first-order chi connectivity index (χ1) is 11.6. The van der Waals surface area contributed by atoms with Gasteiger partial charge in [-0.2, -0.15) is 0 Å². The molecule has 1 N–H and O–H groups in total. The van der Waals surface area contributed by atoms with Crippen LogP contribution in [0.3, 0.4) is 0 Å². The Labute approximate surface area is 144 Å². The molecule has 0 heterocycles. The Bertz CT molecular complexity index is 589. The van der Waals surface area contributed by atoms with E-state index in [0.717, 1.165) is 38.5 Å². The zero-order chi connectivity index (χ0) is 17.4. The molecule has 2 atom stereocenters. The number of aryl methyl sites for hydroxylation is 1. The molecule has 0 bridgehead atoms. The maximum absolute atomic E-state index is 12.2. The van der Waals surface area contributed by atoms with Crippen molar-refractivity contribution >= 4 is 17.8 Å². The summed E-state index contributed by atoms with van der Waals surface area (Å²) < 4.78 is 0. The van der Waals surface area contributed by atoms with Crippen LogP contribution in [0.1, 0.15) is 62.5 Å². The zero-order valence-electron chi connectivity index (χ0n) is 14.5. The van der Waals surface area contributed by atoms with Crippen LogP contribution < -0.4 is 0 Å². The van der Waals surface area contributed by atoms with E-state index >= 15 is 0 Å². The van der Waals surface area contributed by atoms with E-state index in [4.69, 9.17) is 5.11 Å². The number of aliphatic carboxylic acids is 1. The molecule has 1 aliphatic carbocycles. The number of carboxylic acids is 1. The Morgan fingerprint density at radius 3 is 2.71 bits per heavy atom. The lowest BCUT2D eigenvalue weighted by atomic mass is 9.89. The monoisotopic (exact) mass is 328 g/mol. The van der Waals surface area contributed by atoms with Crippen molar-refractivity contribution in [3.8, 4) is 0 Å². The average molecular weight is 328 g/mol. The number of carbonyl (C=O) groups is 2. The Balaban J connectivity index is 1.81. The molecule has 0 aromatic heterocycles. The minimum atomic E-state index is -0.720. The van der Waals surface area contributed by atoms with Crippen molar-refractivity contribution < 1.29 is 14.7 Å². The first-order valence-electron chi connectivity index (χ1n) is 9.06. The Hall–Kier alpha value is -1.90. The number of Topliss-reactive ketones (excluding diaryl/α,β-unsaturated/α-hetero) is 1. The molecule has 2 unspecified atom stereocenters. The number of allylic oxidation sites excluding steroid dienone is 1. The summed E-state index contributed by atoms with van der Waals surface area (Å²) in [5, 5.41) is 8.63. The van der Waals surface area contributed by atoms with Crippen molar-refractivity contribution in [3.63, 3.8) is 0 Å². The smallest absolute Gasteiger partial charge is 0.303 e. The van der Waals surface area contributed by atoms with Crippen LogP contribution in [0.5, 0.6) is 0 Å². The number of hydrogen-bond donors (Lipinski definition) is 1. The second kappa shape index (κ2) is 9.41. The van der Waals surface area contributed by atoms with Gasteiger partial charge in [0, 0.05) is 18.8 Å². The number of unbranched alkanes of at least 4 members (excludes halogenated alkanes) is 3. The van der Waals surface area contributed by atoms with E-state index in [0.29, 0.717) is 18.1 Å². The largest absolute Gasteiger partial charge is 0.481 e. The van der Waals surface area contributed by atoms with Crippen molar-refractivity contribution in [3.05, 3.63) is 41.5 Å². The number of benzene rings is 1. The highest BCUT2D eigenvalue weighted by Crippen LogP contribution is 2.34. The highest BCUT2D eigenvalue weighted by Gasteiger charge is 2.32. The van der Waals surface area contributed by atoms with Gasteiger partial charge in [-0.05, 0) is 43.2 Å². The standard InChI is InChI=1S/C21H28O3/c1-16-8-6-7-9-17(16)12-13-18-14-15-20(22)19(18)10-4-2-3-5-11-21(23)24/h6-9,12-13,18-19H,2-5,10-11,14-15H2,1H3,(H,23,24)/b13-12+. The first-order valence-corrected chi connectivity index (χ1v) is 9.06. The third kappa shape index (κ3) is 5.63. The van der Waals surface area contributed by atoms with Crippen LogP contribution >= 0.6 is 0 Å². The van der Waals surface area contributed by atoms with Crippen molar-refractivity contribution in [2.24, 2.45) is 11.8 Å². The molecule has 0 saturated heterocycles. The highest BCUT2D eigenvalue weighted by molar-refractivity contribution is 5.84. The van der Waals surface area contributed by atoms with Crippen LogP contribution in [0.4, 0.5) is 0 Å². The third-order valence-corrected chi connectivity index (χ3v) is 5.02. The highest BCUT2D eigenvalue weighted by atomic mass is 16.4. The fourth-order valence-electron chi connectivity index (χ4n) is 3.53. The molecule has 1 saturated carbocycles. The maximum Gasteiger partial charge on any atom is 0.303 e. The third-order valence-electron chi connectivity index (χ3n) is 5.02. The molecule has 1 aromatic carbocycles. The normalized spacial score (nSPS) is 20.8. The fraction of sp³-hybridized carbons (Fsp3) is 0.524. The summed E-state index contributed by atoms with van der Waals surface area (Å²) in [4.78, 5) is 22.6. The van der Waals surface area contributed by atoms with Gasteiger partial charge in [0.05, 0.1) is 0 Å². The molecule has 3 heteroatoms. The number of ketones is 1. The molecule has 0 radical (unpaired) electrons. The topological polar surface area (TPSA) is 54.4 Å². The number of hydrogen-bond acceptors (Lipinski definition) is 2. The quantitative estimate of drug-likeness (QED) is 0.647. The summed E-state index contributed by atoms with van der Waals surface area (Å²) in [6.07, 6.45) is 11.0.